The van der Waals surface area contributed by atoms with Crippen LogP contribution >= 0.6 is 37.9 Å². The number of rotatable bonds is 6. The molecule has 0 aromatic rings. The Balaban J connectivity index is 3.79. The molecule has 0 heterocycles. The van der Waals surface area contributed by atoms with Gasteiger partial charge in [-0.1, -0.05) is 0 Å². The minimum absolute atomic E-state index is 1.06. The van der Waals surface area contributed by atoms with E-state index in [2.05, 4.69) is 42.8 Å². The van der Waals surface area contributed by atoms with Crippen LogP contribution in [0.4, 0.5) is 0 Å². The molecular weight excluding hydrogens is 299 g/mol. The molecule has 0 aliphatic carbocycles. The molecule has 11 heavy (non-hydrogen) atoms. The van der Waals surface area contributed by atoms with Crippen LogP contribution in [0.15, 0.2) is 0 Å². The van der Waals surface area contributed by atoms with Gasteiger partial charge in [0.2, 0.25) is 0 Å². The van der Waals surface area contributed by atoms with E-state index in [-0.39, 0.29) is 0 Å². The minimum atomic E-state index is -1.70. The van der Waals surface area contributed by atoms with Gasteiger partial charge in [-0.15, -0.1) is 0 Å². The summed E-state index contributed by atoms with van der Waals surface area (Å²) < 4.78 is 4.16. The molecule has 0 aliphatic heterocycles. The molecule has 0 spiro atoms. The summed E-state index contributed by atoms with van der Waals surface area (Å²) >= 11 is 11.2. The van der Waals surface area contributed by atoms with Gasteiger partial charge in [0.1, 0.15) is 0 Å². The van der Waals surface area contributed by atoms with Gasteiger partial charge >= 0.3 is 91.8 Å². The van der Waals surface area contributed by atoms with Gasteiger partial charge in [-0.2, -0.15) is 0 Å². The van der Waals surface area contributed by atoms with Crippen molar-refractivity contribution >= 4 is 56.3 Å². The summed E-state index contributed by atoms with van der Waals surface area (Å²) in [6, 6.07) is 0. The molecule has 0 rings (SSSR count). The van der Waals surface area contributed by atoms with Crippen molar-refractivity contribution in [2.45, 2.75) is 18.2 Å². The summed E-state index contributed by atoms with van der Waals surface area (Å²) in [7, 11) is 0. The fourth-order valence-electron chi connectivity index (χ4n) is 1.18. The molecule has 0 amide bonds. The van der Waals surface area contributed by atoms with Crippen LogP contribution in [0.2, 0.25) is 18.2 Å². The zero-order valence-electron chi connectivity index (χ0n) is 7.08. The van der Waals surface area contributed by atoms with Gasteiger partial charge in [-0.3, -0.25) is 0 Å². The summed E-state index contributed by atoms with van der Waals surface area (Å²) in [5, 5.41) is 0. The molecular formula is C7H18S3Sn. The second kappa shape index (κ2) is 7.27. The van der Waals surface area contributed by atoms with Crippen molar-refractivity contribution < 1.29 is 0 Å². The first-order chi connectivity index (χ1) is 5.18. The first-order valence-electron chi connectivity index (χ1n) is 4.01. The molecule has 68 valence electrons. The van der Waals surface area contributed by atoms with Gasteiger partial charge in [0.25, 0.3) is 0 Å². The Morgan fingerprint density at radius 2 is 1.09 bits per heavy atom. The molecule has 0 bridgehead atoms. The number of hydrogen-bond donors (Lipinski definition) is 3. The van der Waals surface area contributed by atoms with E-state index in [0.29, 0.717) is 0 Å². The number of hydrogen-bond acceptors (Lipinski definition) is 3. The third-order valence-corrected chi connectivity index (χ3v) is 18.9. The van der Waals surface area contributed by atoms with Gasteiger partial charge in [0, 0.05) is 0 Å². The molecule has 0 N–H and O–H groups in total. The van der Waals surface area contributed by atoms with Crippen molar-refractivity contribution in [1.29, 1.82) is 0 Å². The quantitative estimate of drug-likeness (QED) is 0.487. The van der Waals surface area contributed by atoms with Crippen LogP contribution in [0, 0.1) is 0 Å². The van der Waals surface area contributed by atoms with Gasteiger partial charge in [0.15, 0.2) is 0 Å². The molecule has 0 saturated heterocycles. The van der Waals surface area contributed by atoms with Crippen LogP contribution in [-0.2, 0) is 0 Å². The molecule has 0 unspecified atom stereocenters. The van der Waals surface area contributed by atoms with E-state index in [1.165, 1.54) is 13.3 Å². The maximum atomic E-state index is 4.30. The maximum absolute atomic E-state index is 4.30. The van der Waals surface area contributed by atoms with E-state index < -0.39 is 18.4 Å². The topological polar surface area (TPSA) is 0 Å². The summed E-state index contributed by atoms with van der Waals surface area (Å²) in [4.78, 5) is 2.51. The average molecular weight is 317 g/mol. The van der Waals surface area contributed by atoms with E-state index in [1.807, 2.05) is 0 Å². The van der Waals surface area contributed by atoms with Crippen LogP contribution < -0.4 is 0 Å². The molecule has 0 atom stereocenters. The van der Waals surface area contributed by atoms with Gasteiger partial charge in [-0.05, 0) is 0 Å². The summed E-state index contributed by atoms with van der Waals surface area (Å²) in [5.41, 5.74) is 0. The Morgan fingerprint density at radius 1 is 0.818 bits per heavy atom. The van der Waals surface area contributed by atoms with E-state index >= 15 is 0 Å². The zero-order valence-corrected chi connectivity index (χ0v) is 12.6. The van der Waals surface area contributed by atoms with Crippen molar-refractivity contribution in [3.05, 3.63) is 0 Å². The van der Waals surface area contributed by atoms with Crippen LogP contribution in [0.25, 0.3) is 0 Å². The fourth-order valence-corrected chi connectivity index (χ4v) is 18.8. The molecule has 0 fully saturated rings. The van der Waals surface area contributed by atoms with E-state index in [0.717, 1.165) is 17.3 Å². The molecule has 0 aromatic heterocycles. The van der Waals surface area contributed by atoms with Crippen molar-refractivity contribution in [3.63, 3.8) is 0 Å². The van der Waals surface area contributed by atoms with Crippen LogP contribution in [0.1, 0.15) is 0 Å². The van der Waals surface area contributed by atoms with E-state index in [9.17, 15) is 0 Å². The Kier molecular flexibility index (Phi) is 8.49. The monoisotopic (exact) mass is 318 g/mol. The molecule has 0 saturated carbocycles. The summed E-state index contributed by atoms with van der Waals surface area (Å²) in [6.07, 6.45) is 0. The van der Waals surface area contributed by atoms with Crippen LogP contribution in [-0.4, -0.2) is 35.6 Å². The molecule has 0 aromatic carbocycles. The molecule has 0 aliphatic rings. The summed E-state index contributed by atoms with van der Waals surface area (Å²) in [6.45, 7) is 0. The number of thiol groups is 3. The molecule has 0 radical (unpaired) electrons. The Morgan fingerprint density at radius 3 is 1.27 bits per heavy atom. The Labute approximate surface area is 91.0 Å². The second-order valence-electron chi connectivity index (χ2n) is 3.23. The predicted octanol–water partition coefficient (Wildman–Crippen LogP) is 2.85. The van der Waals surface area contributed by atoms with Crippen molar-refractivity contribution in [2.24, 2.45) is 0 Å². The second-order valence-corrected chi connectivity index (χ2v) is 19.2. The van der Waals surface area contributed by atoms with Crippen molar-refractivity contribution in [2.75, 3.05) is 17.3 Å². The van der Waals surface area contributed by atoms with E-state index in [4.69, 9.17) is 0 Å². The van der Waals surface area contributed by atoms with Crippen molar-refractivity contribution in [3.8, 4) is 0 Å². The standard InChI is InChI=1S/3C2H5S.CH3.Sn/c3*1-2-3;;/h3*3H,1-2H2;1H3;. The van der Waals surface area contributed by atoms with Crippen LogP contribution in [0.3, 0.4) is 0 Å². The van der Waals surface area contributed by atoms with Crippen molar-refractivity contribution in [1.82, 2.24) is 0 Å². The predicted molar refractivity (Wildman–Crippen MR) is 67.6 cm³/mol. The molecule has 0 nitrogen and oxygen atoms in total. The third-order valence-electron chi connectivity index (χ3n) is 2.15. The summed E-state index contributed by atoms with van der Waals surface area (Å²) in [5.74, 6) is 3.19. The normalized spacial score (nSPS) is 12.0. The zero-order chi connectivity index (χ0) is 8.74. The van der Waals surface area contributed by atoms with Gasteiger partial charge in [-0.25, -0.2) is 0 Å². The SMILES string of the molecule is [CH3][Sn]([CH2]CS)([CH2]CS)[CH2]CS. The van der Waals surface area contributed by atoms with Gasteiger partial charge in [0.05, 0.1) is 0 Å². The first-order valence-corrected chi connectivity index (χ1v) is 14.8. The Bertz CT molecular complexity index is 80.7. The van der Waals surface area contributed by atoms with Crippen LogP contribution in [0.5, 0.6) is 0 Å². The van der Waals surface area contributed by atoms with E-state index in [1.54, 1.807) is 0 Å². The first kappa shape index (κ1) is 12.8. The average Bonchev–Trinajstić information content (AvgIpc) is 1.88. The Hall–Kier alpha value is 1.85. The fraction of sp³-hybridized carbons (Fsp3) is 1.00. The van der Waals surface area contributed by atoms with Gasteiger partial charge < -0.3 is 0 Å². The third kappa shape index (κ3) is 5.99. The molecule has 4 heteroatoms.